The second kappa shape index (κ2) is 6.83. The molecule has 3 nitrogen and oxygen atoms in total. The van der Waals surface area contributed by atoms with Crippen LogP contribution in [0.15, 0.2) is 42.5 Å². The number of rotatable bonds is 4. The zero-order valence-corrected chi connectivity index (χ0v) is 13.2. The van der Waals surface area contributed by atoms with Gasteiger partial charge in [-0.1, -0.05) is 29.3 Å². The molecule has 1 N–H and O–H groups in total. The molecule has 1 atom stereocenters. The highest BCUT2D eigenvalue weighted by molar-refractivity contribution is 6.31. The molecule has 1 amide bonds. The van der Waals surface area contributed by atoms with E-state index in [4.69, 9.17) is 27.9 Å². The van der Waals surface area contributed by atoms with E-state index in [9.17, 15) is 4.79 Å². The molecule has 0 saturated carbocycles. The van der Waals surface area contributed by atoms with Gasteiger partial charge in [-0.25, -0.2) is 0 Å². The van der Waals surface area contributed by atoms with Crippen molar-refractivity contribution in [3.05, 3.63) is 58.1 Å². The predicted octanol–water partition coefficient (Wildman–Crippen LogP) is 4.71. The molecule has 110 valence electrons. The molecular weight excluding hydrogens is 309 g/mol. The van der Waals surface area contributed by atoms with E-state index in [0.717, 1.165) is 5.56 Å². The van der Waals surface area contributed by atoms with Crippen molar-refractivity contribution in [2.75, 3.05) is 5.32 Å². The molecule has 0 spiro atoms. The lowest BCUT2D eigenvalue weighted by molar-refractivity contribution is -0.122. The average molecular weight is 324 g/mol. The summed E-state index contributed by atoms with van der Waals surface area (Å²) in [5, 5.41) is 3.98. The van der Waals surface area contributed by atoms with Gasteiger partial charge in [0, 0.05) is 15.7 Å². The van der Waals surface area contributed by atoms with E-state index in [1.165, 1.54) is 0 Å². The topological polar surface area (TPSA) is 38.3 Å². The number of halogens is 2. The molecule has 0 aliphatic carbocycles. The first-order valence-electron chi connectivity index (χ1n) is 6.45. The Labute approximate surface area is 133 Å². The summed E-state index contributed by atoms with van der Waals surface area (Å²) in [4.78, 5) is 12.1. The van der Waals surface area contributed by atoms with Gasteiger partial charge in [0.05, 0.1) is 0 Å². The highest BCUT2D eigenvalue weighted by Crippen LogP contribution is 2.22. The average Bonchev–Trinajstić information content (AvgIpc) is 2.43. The molecule has 0 aliphatic heterocycles. The minimum Gasteiger partial charge on any atom is -0.481 e. The number of hydrogen-bond donors (Lipinski definition) is 1. The zero-order chi connectivity index (χ0) is 15.4. The van der Waals surface area contributed by atoms with Gasteiger partial charge in [0.2, 0.25) is 0 Å². The maximum Gasteiger partial charge on any atom is 0.265 e. The summed E-state index contributed by atoms with van der Waals surface area (Å²) in [6, 6.07) is 12.2. The Morgan fingerprint density at radius 1 is 1.19 bits per heavy atom. The Kier molecular flexibility index (Phi) is 5.10. The van der Waals surface area contributed by atoms with Crippen LogP contribution in [0.3, 0.4) is 0 Å². The van der Waals surface area contributed by atoms with E-state index in [0.29, 0.717) is 21.5 Å². The highest BCUT2D eigenvalue weighted by atomic mass is 35.5. The molecule has 0 fully saturated rings. The molecule has 1 unspecified atom stereocenters. The Hall–Kier alpha value is -1.71. The third kappa shape index (κ3) is 4.38. The number of carbonyl (C=O) groups excluding carboxylic acids is 1. The standard InChI is InChI=1S/C16H15Cl2NO2/c1-10-8-14(6-7-15(10)18)21-11(2)16(20)19-13-5-3-4-12(17)9-13/h3-9,11H,1-2H3,(H,19,20). The van der Waals surface area contributed by atoms with Crippen LogP contribution in [0.25, 0.3) is 0 Å². The van der Waals surface area contributed by atoms with Crippen LogP contribution in [0.2, 0.25) is 10.0 Å². The summed E-state index contributed by atoms with van der Waals surface area (Å²) in [7, 11) is 0. The van der Waals surface area contributed by atoms with Crippen molar-refractivity contribution in [1.29, 1.82) is 0 Å². The largest absolute Gasteiger partial charge is 0.481 e. The smallest absolute Gasteiger partial charge is 0.265 e. The zero-order valence-electron chi connectivity index (χ0n) is 11.7. The highest BCUT2D eigenvalue weighted by Gasteiger charge is 2.15. The second-order valence-corrected chi connectivity index (χ2v) is 5.51. The van der Waals surface area contributed by atoms with Crippen LogP contribution in [-0.2, 0) is 4.79 Å². The van der Waals surface area contributed by atoms with Gasteiger partial charge >= 0.3 is 0 Å². The van der Waals surface area contributed by atoms with Crippen LogP contribution in [-0.4, -0.2) is 12.0 Å². The first-order chi connectivity index (χ1) is 9.95. The molecule has 2 rings (SSSR count). The van der Waals surface area contributed by atoms with Crippen molar-refractivity contribution in [2.45, 2.75) is 20.0 Å². The Balaban J connectivity index is 2.00. The second-order valence-electron chi connectivity index (χ2n) is 4.67. The third-order valence-electron chi connectivity index (χ3n) is 2.90. The lowest BCUT2D eigenvalue weighted by atomic mass is 10.2. The van der Waals surface area contributed by atoms with E-state index in [1.54, 1.807) is 49.4 Å². The molecule has 2 aromatic rings. The van der Waals surface area contributed by atoms with Crippen molar-refractivity contribution >= 4 is 34.8 Å². The van der Waals surface area contributed by atoms with Crippen molar-refractivity contribution in [3.63, 3.8) is 0 Å². The summed E-state index contributed by atoms with van der Waals surface area (Å²) in [5.41, 5.74) is 1.53. The van der Waals surface area contributed by atoms with Gasteiger partial charge in [0.25, 0.3) is 5.91 Å². The summed E-state index contributed by atoms with van der Waals surface area (Å²) in [6.07, 6.45) is -0.635. The van der Waals surface area contributed by atoms with Gasteiger partial charge in [-0.05, 0) is 55.8 Å². The lowest BCUT2D eigenvalue weighted by Crippen LogP contribution is -2.30. The molecule has 0 radical (unpaired) electrons. The van der Waals surface area contributed by atoms with Gasteiger partial charge in [0.15, 0.2) is 6.10 Å². The van der Waals surface area contributed by atoms with Gasteiger partial charge in [-0.3, -0.25) is 4.79 Å². The maximum absolute atomic E-state index is 12.1. The number of hydrogen-bond acceptors (Lipinski definition) is 2. The van der Waals surface area contributed by atoms with Crippen molar-refractivity contribution in [2.24, 2.45) is 0 Å². The third-order valence-corrected chi connectivity index (χ3v) is 3.56. The van der Waals surface area contributed by atoms with Crippen LogP contribution >= 0.6 is 23.2 Å². The number of nitrogens with one attached hydrogen (secondary N) is 1. The predicted molar refractivity (Wildman–Crippen MR) is 86.4 cm³/mol. The Morgan fingerprint density at radius 3 is 2.62 bits per heavy atom. The number of ether oxygens (including phenoxy) is 1. The molecule has 21 heavy (non-hydrogen) atoms. The fourth-order valence-electron chi connectivity index (χ4n) is 1.76. The van der Waals surface area contributed by atoms with E-state index in [1.807, 2.05) is 6.92 Å². The number of aryl methyl sites for hydroxylation is 1. The first kappa shape index (κ1) is 15.7. The van der Waals surface area contributed by atoms with E-state index >= 15 is 0 Å². The number of amides is 1. The number of carbonyl (C=O) groups is 1. The SMILES string of the molecule is Cc1cc(OC(C)C(=O)Nc2cccc(Cl)c2)ccc1Cl. The summed E-state index contributed by atoms with van der Waals surface area (Å²) >= 11 is 11.8. The normalized spacial score (nSPS) is 11.8. The van der Waals surface area contributed by atoms with Gasteiger partial charge < -0.3 is 10.1 Å². The van der Waals surface area contributed by atoms with E-state index in [-0.39, 0.29) is 5.91 Å². The fourth-order valence-corrected chi connectivity index (χ4v) is 2.07. The molecule has 0 bridgehead atoms. The quantitative estimate of drug-likeness (QED) is 0.885. The van der Waals surface area contributed by atoms with Crippen LogP contribution in [0, 0.1) is 6.92 Å². The van der Waals surface area contributed by atoms with Crippen molar-refractivity contribution < 1.29 is 9.53 Å². The number of anilines is 1. The molecule has 0 aromatic heterocycles. The van der Waals surface area contributed by atoms with Crippen LogP contribution in [0.5, 0.6) is 5.75 Å². The Bertz CT molecular complexity index is 658. The van der Waals surface area contributed by atoms with E-state index in [2.05, 4.69) is 5.32 Å². The molecule has 0 aliphatic rings. The lowest BCUT2D eigenvalue weighted by Gasteiger charge is -2.15. The minimum atomic E-state index is -0.635. The van der Waals surface area contributed by atoms with Gasteiger partial charge in [0.1, 0.15) is 5.75 Å². The molecule has 0 heterocycles. The molecule has 0 saturated heterocycles. The van der Waals surface area contributed by atoms with E-state index < -0.39 is 6.10 Å². The Morgan fingerprint density at radius 2 is 1.95 bits per heavy atom. The van der Waals surface area contributed by atoms with Crippen LogP contribution in [0.1, 0.15) is 12.5 Å². The molecule has 5 heteroatoms. The first-order valence-corrected chi connectivity index (χ1v) is 7.20. The number of benzene rings is 2. The fraction of sp³-hybridized carbons (Fsp3) is 0.188. The maximum atomic E-state index is 12.1. The molecular formula is C16H15Cl2NO2. The summed E-state index contributed by atoms with van der Waals surface area (Å²) in [5.74, 6) is 0.357. The van der Waals surface area contributed by atoms with Crippen molar-refractivity contribution in [1.82, 2.24) is 0 Å². The van der Waals surface area contributed by atoms with Crippen LogP contribution in [0.4, 0.5) is 5.69 Å². The van der Waals surface area contributed by atoms with Crippen molar-refractivity contribution in [3.8, 4) is 5.75 Å². The summed E-state index contributed by atoms with van der Waals surface area (Å²) < 4.78 is 5.61. The molecule has 2 aromatic carbocycles. The van der Waals surface area contributed by atoms with Gasteiger partial charge in [-0.15, -0.1) is 0 Å². The monoisotopic (exact) mass is 323 g/mol. The minimum absolute atomic E-state index is 0.245. The summed E-state index contributed by atoms with van der Waals surface area (Å²) in [6.45, 7) is 3.57. The van der Waals surface area contributed by atoms with Crippen LogP contribution < -0.4 is 10.1 Å². The van der Waals surface area contributed by atoms with Gasteiger partial charge in [-0.2, -0.15) is 0 Å².